The van der Waals surface area contributed by atoms with Gasteiger partial charge in [-0.1, -0.05) is 30.3 Å². The highest BCUT2D eigenvalue weighted by Crippen LogP contribution is 2.26. The number of hydrogen-bond donors (Lipinski definition) is 0. The predicted octanol–water partition coefficient (Wildman–Crippen LogP) is 5.02. The third-order valence-electron chi connectivity index (χ3n) is 5.34. The summed E-state index contributed by atoms with van der Waals surface area (Å²) in [5.41, 5.74) is 1.95. The summed E-state index contributed by atoms with van der Waals surface area (Å²) >= 11 is 0. The van der Waals surface area contributed by atoms with Crippen molar-refractivity contribution in [2.45, 2.75) is 13.8 Å². The van der Waals surface area contributed by atoms with Gasteiger partial charge in [0, 0.05) is 6.07 Å². The van der Waals surface area contributed by atoms with Gasteiger partial charge in [-0.3, -0.25) is 4.79 Å². The largest absolute Gasteiger partial charge is 0.460 e. The van der Waals surface area contributed by atoms with Crippen molar-refractivity contribution in [3.8, 4) is 22.6 Å². The van der Waals surface area contributed by atoms with Crippen LogP contribution in [-0.2, 0) is 0 Å². The van der Waals surface area contributed by atoms with Gasteiger partial charge < -0.3 is 9.15 Å². The molecule has 5 rings (SSSR count). The predicted molar refractivity (Wildman–Crippen MR) is 124 cm³/mol. The Morgan fingerprint density at radius 2 is 1.74 bits per heavy atom. The maximum absolute atomic E-state index is 13.2. The summed E-state index contributed by atoms with van der Waals surface area (Å²) < 4.78 is 25.9. The quantitative estimate of drug-likeness (QED) is 0.280. The van der Waals surface area contributed by atoms with Gasteiger partial charge in [-0.15, -0.1) is 5.10 Å². The minimum absolute atomic E-state index is 0.154. The third kappa shape index (κ3) is 3.86. The number of esters is 1. The molecule has 0 aliphatic heterocycles. The third-order valence-corrected chi connectivity index (χ3v) is 5.34. The average molecular weight is 455 g/mol. The van der Waals surface area contributed by atoms with Crippen molar-refractivity contribution in [2.75, 3.05) is 0 Å². The van der Waals surface area contributed by atoms with Gasteiger partial charge in [-0.05, 0) is 55.8 Å². The first-order valence-corrected chi connectivity index (χ1v) is 10.5. The molecule has 0 unspecified atom stereocenters. The number of ether oxygens (including phenoxy) is 1. The maximum atomic E-state index is 13.2. The smallest absolute Gasteiger partial charge is 0.383 e. The van der Waals surface area contributed by atoms with Gasteiger partial charge in [-0.2, -0.15) is 0 Å². The molecule has 0 spiro atoms. The molecule has 0 aliphatic rings. The topological polar surface area (TPSA) is 87.2 Å². The van der Waals surface area contributed by atoms with E-state index in [2.05, 4.69) is 10.1 Å². The fourth-order valence-electron chi connectivity index (χ4n) is 3.74. The Labute approximate surface area is 193 Å². The number of carbonyl (C=O) groups excluding carboxylic acids is 1. The van der Waals surface area contributed by atoms with Crippen LogP contribution in [0.5, 0.6) is 5.75 Å². The monoisotopic (exact) mass is 455 g/mol. The Morgan fingerprint density at radius 3 is 2.47 bits per heavy atom. The van der Waals surface area contributed by atoms with Crippen LogP contribution in [0.4, 0.5) is 4.39 Å². The molecule has 8 heteroatoms. The fraction of sp³-hybridized carbons (Fsp3) is 0.0769. The molecule has 0 atom stereocenters. The standard InChI is InChI=1S/C26H18FN3O4/c1-15-23(17-6-4-3-5-7-17)24(31)21-13-12-20(14-22(21)33-15)34-26(32)25-28-16(2)30(29-25)19-10-8-18(27)9-11-19/h3-14H,1-2H3. The summed E-state index contributed by atoms with van der Waals surface area (Å²) in [6, 6.07) is 19.5. The first-order chi connectivity index (χ1) is 16.4. The van der Waals surface area contributed by atoms with Gasteiger partial charge in [0.05, 0.1) is 16.6 Å². The second-order valence-electron chi connectivity index (χ2n) is 7.65. The van der Waals surface area contributed by atoms with Gasteiger partial charge in [0.15, 0.2) is 0 Å². The van der Waals surface area contributed by atoms with Crippen LogP contribution in [0.3, 0.4) is 0 Å². The lowest BCUT2D eigenvalue weighted by molar-refractivity contribution is 0.0722. The van der Waals surface area contributed by atoms with E-state index in [1.54, 1.807) is 19.9 Å². The Morgan fingerprint density at radius 1 is 1.00 bits per heavy atom. The summed E-state index contributed by atoms with van der Waals surface area (Å²) in [5, 5.41) is 4.55. The van der Waals surface area contributed by atoms with E-state index in [4.69, 9.17) is 9.15 Å². The lowest BCUT2D eigenvalue weighted by Crippen LogP contribution is -2.12. The van der Waals surface area contributed by atoms with Crippen LogP contribution < -0.4 is 10.2 Å². The molecule has 0 saturated carbocycles. The molecular formula is C26H18FN3O4. The molecule has 0 N–H and O–H groups in total. The van der Waals surface area contributed by atoms with Crippen molar-refractivity contribution in [2.24, 2.45) is 0 Å². The van der Waals surface area contributed by atoms with E-state index in [0.29, 0.717) is 33.8 Å². The van der Waals surface area contributed by atoms with E-state index >= 15 is 0 Å². The highest BCUT2D eigenvalue weighted by molar-refractivity contribution is 5.88. The van der Waals surface area contributed by atoms with E-state index in [-0.39, 0.29) is 22.8 Å². The SMILES string of the molecule is Cc1oc2cc(OC(=O)c3nc(C)n(-c4ccc(F)cc4)n3)ccc2c(=O)c1-c1ccccc1. The maximum Gasteiger partial charge on any atom is 0.383 e. The van der Waals surface area contributed by atoms with Crippen LogP contribution in [0.25, 0.3) is 27.8 Å². The number of aromatic nitrogens is 3. The van der Waals surface area contributed by atoms with Crippen molar-refractivity contribution in [3.05, 3.63) is 106 Å². The number of hydrogen-bond acceptors (Lipinski definition) is 6. The molecule has 168 valence electrons. The molecule has 34 heavy (non-hydrogen) atoms. The van der Waals surface area contributed by atoms with Crippen LogP contribution in [0, 0.1) is 19.7 Å². The summed E-state index contributed by atoms with van der Waals surface area (Å²) in [7, 11) is 0. The second-order valence-corrected chi connectivity index (χ2v) is 7.65. The minimum Gasteiger partial charge on any atom is -0.460 e. The minimum atomic E-state index is -0.775. The van der Waals surface area contributed by atoms with Crippen LogP contribution in [0.15, 0.2) is 82.0 Å². The zero-order valence-electron chi connectivity index (χ0n) is 18.3. The number of nitrogens with zero attached hydrogens (tertiary/aromatic N) is 3. The number of rotatable bonds is 4. The van der Waals surface area contributed by atoms with Crippen molar-refractivity contribution in [1.82, 2.24) is 14.8 Å². The number of carbonyl (C=O) groups is 1. The Balaban J connectivity index is 1.44. The fourth-order valence-corrected chi connectivity index (χ4v) is 3.74. The molecule has 0 saturated heterocycles. The second kappa shape index (κ2) is 8.40. The summed E-state index contributed by atoms with van der Waals surface area (Å²) in [6.07, 6.45) is 0. The van der Waals surface area contributed by atoms with Crippen molar-refractivity contribution < 1.29 is 18.3 Å². The molecule has 0 bridgehead atoms. The zero-order chi connectivity index (χ0) is 23.8. The van der Waals surface area contributed by atoms with Crippen LogP contribution in [0.2, 0.25) is 0 Å². The van der Waals surface area contributed by atoms with Crippen LogP contribution >= 0.6 is 0 Å². The number of aryl methyl sites for hydroxylation is 2. The molecule has 5 aromatic rings. The van der Waals surface area contributed by atoms with E-state index in [0.717, 1.165) is 5.56 Å². The molecule has 7 nitrogen and oxygen atoms in total. The summed E-state index contributed by atoms with van der Waals surface area (Å²) in [6.45, 7) is 3.39. The molecule has 0 fully saturated rings. The molecular weight excluding hydrogens is 437 g/mol. The van der Waals surface area contributed by atoms with Crippen molar-refractivity contribution in [1.29, 1.82) is 0 Å². The van der Waals surface area contributed by atoms with Gasteiger partial charge in [-0.25, -0.2) is 18.9 Å². The highest BCUT2D eigenvalue weighted by atomic mass is 19.1. The van der Waals surface area contributed by atoms with Crippen molar-refractivity contribution >= 4 is 16.9 Å². The molecule has 3 aromatic carbocycles. The Kier molecular flexibility index (Phi) is 5.25. The average Bonchev–Trinajstić information content (AvgIpc) is 3.22. The molecule has 0 amide bonds. The molecule has 2 aromatic heterocycles. The van der Waals surface area contributed by atoms with Gasteiger partial charge in [0.2, 0.25) is 5.43 Å². The zero-order valence-corrected chi connectivity index (χ0v) is 18.3. The van der Waals surface area contributed by atoms with Gasteiger partial charge in [0.1, 0.15) is 28.7 Å². The van der Waals surface area contributed by atoms with Crippen LogP contribution in [0.1, 0.15) is 22.2 Å². The van der Waals surface area contributed by atoms with E-state index < -0.39 is 5.97 Å². The lowest BCUT2D eigenvalue weighted by atomic mass is 10.0. The highest BCUT2D eigenvalue weighted by Gasteiger charge is 2.19. The van der Waals surface area contributed by atoms with E-state index in [9.17, 15) is 14.0 Å². The lowest BCUT2D eigenvalue weighted by Gasteiger charge is -2.08. The van der Waals surface area contributed by atoms with Crippen LogP contribution in [-0.4, -0.2) is 20.7 Å². The first-order valence-electron chi connectivity index (χ1n) is 10.5. The number of fused-ring (bicyclic) bond motifs is 1. The number of benzene rings is 3. The molecule has 2 heterocycles. The normalized spacial score (nSPS) is 11.0. The van der Waals surface area contributed by atoms with E-state index in [1.807, 2.05) is 30.3 Å². The van der Waals surface area contributed by atoms with E-state index in [1.165, 1.54) is 41.1 Å². The summed E-state index contributed by atoms with van der Waals surface area (Å²) in [5.74, 6) is -0.226. The Bertz CT molecular complexity index is 1590. The molecule has 0 radical (unpaired) electrons. The van der Waals surface area contributed by atoms with Crippen molar-refractivity contribution in [3.63, 3.8) is 0 Å². The first kappa shape index (κ1) is 21.3. The number of halogens is 1. The molecule has 0 aliphatic carbocycles. The Hall–Kier alpha value is -4.59. The summed E-state index contributed by atoms with van der Waals surface area (Å²) in [4.78, 5) is 29.9. The van der Waals surface area contributed by atoms with Gasteiger partial charge >= 0.3 is 5.97 Å². The van der Waals surface area contributed by atoms with Gasteiger partial charge in [0.25, 0.3) is 5.82 Å².